The first-order chi connectivity index (χ1) is 6.64. The van der Waals surface area contributed by atoms with Crippen molar-refractivity contribution < 1.29 is 0 Å². The van der Waals surface area contributed by atoms with Crippen LogP contribution in [0, 0.1) is 0 Å². The summed E-state index contributed by atoms with van der Waals surface area (Å²) in [5, 5.41) is 3.03. The summed E-state index contributed by atoms with van der Waals surface area (Å²) in [5.41, 5.74) is 2.85. The summed E-state index contributed by atoms with van der Waals surface area (Å²) in [5.74, 6) is 0. The van der Waals surface area contributed by atoms with Gasteiger partial charge in [-0.05, 0) is 55.9 Å². The topological polar surface area (TPSA) is 15.3 Å². The molecule has 0 unspecified atom stereocenters. The number of hydrogen-bond donors (Lipinski definition) is 1. The Kier molecular flexibility index (Phi) is 18.3. The Hall–Kier alpha value is -0.340. The van der Waals surface area contributed by atoms with E-state index in [1.807, 2.05) is 33.1 Å². The highest BCUT2D eigenvalue weighted by molar-refractivity contribution is 5.02. The highest BCUT2D eigenvalue weighted by Gasteiger charge is 1.77. The van der Waals surface area contributed by atoms with Crippen LogP contribution in [-0.2, 0) is 0 Å². The summed E-state index contributed by atoms with van der Waals surface area (Å²) < 4.78 is 0. The van der Waals surface area contributed by atoms with E-state index in [9.17, 15) is 0 Å². The summed E-state index contributed by atoms with van der Waals surface area (Å²) in [7, 11) is 7.95. The predicted octanol–water partition coefficient (Wildman–Crippen LogP) is 3.15. The third-order valence-corrected chi connectivity index (χ3v) is 1.58. The van der Waals surface area contributed by atoms with Crippen LogP contribution in [0.25, 0.3) is 0 Å². The zero-order chi connectivity index (χ0) is 13.0. The molecule has 0 aliphatic carbocycles. The van der Waals surface area contributed by atoms with Gasteiger partial charge < -0.3 is 10.2 Å². The van der Waals surface area contributed by atoms with Crippen molar-refractivity contribution in [3.05, 3.63) is 11.1 Å². The molecule has 0 rings (SSSR count). The third kappa shape index (κ3) is 58.0. The Balaban J connectivity index is -0.000000147. The minimum atomic E-state index is 0.634. The Morgan fingerprint density at radius 3 is 1.00 bits per heavy atom. The second kappa shape index (κ2) is 13.7. The number of nitrogens with zero attached hydrogens (tertiary/aromatic N) is 1. The number of nitrogens with one attached hydrogen (secondary N) is 1. The second-order valence-corrected chi connectivity index (χ2v) is 4.79. The van der Waals surface area contributed by atoms with Crippen molar-refractivity contribution in [1.29, 1.82) is 0 Å². The molecule has 2 heteroatoms. The number of hydrogen-bond acceptors (Lipinski definition) is 2. The fourth-order valence-corrected chi connectivity index (χ4v) is 0. The Bertz CT molecular complexity index is 126. The monoisotopic (exact) mass is 216 g/mol. The van der Waals surface area contributed by atoms with Gasteiger partial charge >= 0.3 is 0 Å². The van der Waals surface area contributed by atoms with Crippen molar-refractivity contribution in [1.82, 2.24) is 10.2 Å². The van der Waals surface area contributed by atoms with Crippen LogP contribution >= 0.6 is 0 Å². The van der Waals surface area contributed by atoms with Crippen LogP contribution < -0.4 is 5.32 Å². The lowest BCUT2D eigenvalue weighted by Gasteiger charge is -1.95. The molecule has 2 nitrogen and oxygen atoms in total. The van der Waals surface area contributed by atoms with Gasteiger partial charge in [-0.3, -0.25) is 0 Å². The molecule has 0 saturated carbocycles. The molecule has 0 aliphatic heterocycles. The maximum atomic E-state index is 3.03. The first kappa shape index (κ1) is 20.1. The van der Waals surface area contributed by atoms with Gasteiger partial charge in [-0.25, -0.2) is 0 Å². The number of rotatable bonds is 1. The van der Waals surface area contributed by atoms with Crippen LogP contribution in [0.1, 0.15) is 41.5 Å². The van der Waals surface area contributed by atoms with Gasteiger partial charge in [0.15, 0.2) is 0 Å². The second-order valence-electron chi connectivity index (χ2n) is 4.79. The van der Waals surface area contributed by atoms with Crippen molar-refractivity contribution >= 4 is 0 Å². The van der Waals surface area contributed by atoms with Crippen LogP contribution in [0.2, 0.25) is 0 Å². The van der Waals surface area contributed by atoms with Gasteiger partial charge in [-0.2, -0.15) is 0 Å². The minimum absolute atomic E-state index is 0.634. The lowest BCUT2D eigenvalue weighted by Crippen LogP contribution is -2.15. The lowest BCUT2D eigenvalue weighted by atomic mass is 10.2. The molecule has 0 atom stereocenters. The molecule has 0 bridgehead atoms. The van der Waals surface area contributed by atoms with E-state index in [0.717, 1.165) is 0 Å². The molecule has 0 saturated heterocycles. The van der Waals surface area contributed by atoms with Crippen LogP contribution in [0.3, 0.4) is 0 Å². The number of allylic oxidation sites excluding steroid dienone is 2. The van der Waals surface area contributed by atoms with E-state index in [2.05, 4.69) is 46.9 Å². The van der Waals surface area contributed by atoms with Crippen LogP contribution in [0.5, 0.6) is 0 Å². The van der Waals surface area contributed by atoms with Gasteiger partial charge in [0.25, 0.3) is 0 Å². The standard InChI is InChI=1S/C6H12.C4H11N.C3H9N/c1-5(2)6(3)4;1-4(2)5-3;1-4(2)3/h1-4H3;4-5H,1-3H3;1-3H3. The van der Waals surface area contributed by atoms with E-state index >= 15 is 0 Å². The molecule has 15 heavy (non-hydrogen) atoms. The van der Waals surface area contributed by atoms with Gasteiger partial charge in [0.05, 0.1) is 0 Å². The quantitative estimate of drug-likeness (QED) is 0.677. The van der Waals surface area contributed by atoms with Crippen LogP contribution in [0.15, 0.2) is 11.1 Å². The maximum absolute atomic E-state index is 3.03. The summed E-state index contributed by atoms with van der Waals surface area (Å²) in [6.07, 6.45) is 0. The van der Waals surface area contributed by atoms with Crippen molar-refractivity contribution in [3.63, 3.8) is 0 Å². The van der Waals surface area contributed by atoms with E-state index in [4.69, 9.17) is 0 Å². The maximum Gasteiger partial charge on any atom is 0.000733 e. The molecule has 94 valence electrons. The molecule has 0 heterocycles. The molecular weight excluding hydrogens is 184 g/mol. The van der Waals surface area contributed by atoms with Crippen molar-refractivity contribution in [2.24, 2.45) is 0 Å². The zero-order valence-electron chi connectivity index (χ0n) is 12.5. The lowest BCUT2D eigenvalue weighted by molar-refractivity contribution is 0.505. The van der Waals surface area contributed by atoms with Gasteiger partial charge in [0.1, 0.15) is 0 Å². The summed E-state index contributed by atoms with van der Waals surface area (Å²) in [6, 6.07) is 0.634. The fourth-order valence-electron chi connectivity index (χ4n) is 0. The van der Waals surface area contributed by atoms with E-state index in [1.165, 1.54) is 11.1 Å². The average molecular weight is 216 g/mol. The van der Waals surface area contributed by atoms with E-state index in [1.54, 1.807) is 0 Å². The van der Waals surface area contributed by atoms with Gasteiger partial charge in [0.2, 0.25) is 0 Å². The van der Waals surface area contributed by atoms with Crippen molar-refractivity contribution in [2.45, 2.75) is 47.6 Å². The van der Waals surface area contributed by atoms with Gasteiger partial charge in [-0.15, -0.1) is 0 Å². The van der Waals surface area contributed by atoms with E-state index < -0.39 is 0 Å². The van der Waals surface area contributed by atoms with E-state index in [-0.39, 0.29) is 0 Å². The first-order valence-corrected chi connectivity index (χ1v) is 5.54. The molecule has 0 aliphatic rings. The largest absolute Gasteiger partial charge is 0.318 e. The SMILES string of the molecule is CC(C)=C(C)C.CN(C)C.CNC(C)C. The van der Waals surface area contributed by atoms with Gasteiger partial charge in [-0.1, -0.05) is 25.0 Å². The van der Waals surface area contributed by atoms with Crippen LogP contribution in [0.4, 0.5) is 0 Å². The zero-order valence-corrected chi connectivity index (χ0v) is 12.5. The van der Waals surface area contributed by atoms with Gasteiger partial charge in [0, 0.05) is 6.04 Å². The summed E-state index contributed by atoms with van der Waals surface area (Å²) >= 11 is 0. The molecule has 1 N–H and O–H groups in total. The normalized spacial score (nSPS) is 8.80. The Morgan fingerprint density at radius 1 is 0.867 bits per heavy atom. The molecule has 0 spiro atoms. The van der Waals surface area contributed by atoms with E-state index in [0.29, 0.717) is 6.04 Å². The molecule has 0 fully saturated rings. The molecule has 0 aromatic heterocycles. The minimum Gasteiger partial charge on any atom is -0.318 e. The third-order valence-electron chi connectivity index (χ3n) is 1.58. The van der Waals surface area contributed by atoms with Crippen molar-refractivity contribution in [3.8, 4) is 0 Å². The summed E-state index contributed by atoms with van der Waals surface area (Å²) in [4.78, 5) is 2.00. The molecule has 0 amide bonds. The molecule has 0 aromatic rings. The highest BCUT2D eigenvalue weighted by Crippen LogP contribution is 1.96. The highest BCUT2D eigenvalue weighted by atomic mass is 15.0. The van der Waals surface area contributed by atoms with Crippen molar-refractivity contribution in [2.75, 3.05) is 28.2 Å². The van der Waals surface area contributed by atoms with Crippen LogP contribution in [-0.4, -0.2) is 39.1 Å². The molecular formula is C13H32N2. The first-order valence-electron chi connectivity index (χ1n) is 5.54. The summed E-state index contributed by atoms with van der Waals surface area (Å²) in [6.45, 7) is 12.7. The Morgan fingerprint density at radius 2 is 1.00 bits per heavy atom. The average Bonchev–Trinajstić information content (AvgIpc) is 2.04. The fraction of sp³-hybridized carbons (Fsp3) is 0.846. The smallest absolute Gasteiger partial charge is 0.000733 e. The Labute approximate surface area is 97.8 Å². The predicted molar refractivity (Wildman–Crippen MR) is 73.5 cm³/mol. The molecule has 0 radical (unpaired) electrons. The molecule has 0 aromatic carbocycles.